The first kappa shape index (κ1) is 12.5. The molecule has 2 N–H and O–H groups in total. The van der Waals surface area contributed by atoms with E-state index in [1.54, 1.807) is 18.3 Å². The molecule has 0 saturated heterocycles. The maximum atomic E-state index is 11.6. The lowest BCUT2D eigenvalue weighted by molar-refractivity contribution is 0.0461. The summed E-state index contributed by atoms with van der Waals surface area (Å²) in [7, 11) is 0. The zero-order chi connectivity index (χ0) is 13.0. The molecule has 5 nitrogen and oxygen atoms in total. The molecule has 0 aromatic carbocycles. The monoisotopic (exact) mass is 307 g/mol. The van der Waals surface area contributed by atoms with Crippen LogP contribution in [-0.4, -0.2) is 15.9 Å². The molecular formula is C12H10BrN3O2. The van der Waals surface area contributed by atoms with E-state index in [1.807, 2.05) is 6.07 Å². The zero-order valence-corrected chi connectivity index (χ0v) is 10.9. The highest BCUT2D eigenvalue weighted by Crippen LogP contribution is 2.09. The third-order valence-electron chi connectivity index (χ3n) is 2.14. The van der Waals surface area contributed by atoms with Gasteiger partial charge in [0.25, 0.3) is 0 Å². The molecule has 0 fully saturated rings. The Kier molecular flexibility index (Phi) is 3.88. The van der Waals surface area contributed by atoms with Crippen molar-refractivity contribution < 1.29 is 9.53 Å². The number of carbonyl (C=O) groups is 1. The van der Waals surface area contributed by atoms with Crippen LogP contribution in [0, 0.1) is 0 Å². The SMILES string of the molecule is Nc1ccc(C(=O)OCc2ccc(Br)cn2)nc1. The van der Waals surface area contributed by atoms with Crippen molar-refractivity contribution in [1.82, 2.24) is 9.97 Å². The maximum absolute atomic E-state index is 11.6. The first-order valence-electron chi connectivity index (χ1n) is 5.14. The predicted molar refractivity (Wildman–Crippen MR) is 69.7 cm³/mol. The number of nitrogens with two attached hydrogens (primary N) is 1. The van der Waals surface area contributed by atoms with Crippen molar-refractivity contribution in [2.45, 2.75) is 6.61 Å². The van der Waals surface area contributed by atoms with Gasteiger partial charge >= 0.3 is 5.97 Å². The lowest BCUT2D eigenvalue weighted by atomic mass is 10.3. The molecule has 0 aliphatic heterocycles. The van der Waals surface area contributed by atoms with Crippen LogP contribution >= 0.6 is 15.9 Å². The number of carbonyl (C=O) groups excluding carboxylic acids is 1. The van der Waals surface area contributed by atoms with Gasteiger partial charge in [0.1, 0.15) is 12.3 Å². The minimum absolute atomic E-state index is 0.109. The normalized spacial score (nSPS) is 10.1. The summed E-state index contributed by atoms with van der Waals surface area (Å²) in [6.45, 7) is 0.109. The van der Waals surface area contributed by atoms with Gasteiger partial charge in [-0.25, -0.2) is 9.78 Å². The number of anilines is 1. The topological polar surface area (TPSA) is 78.1 Å². The third-order valence-corrected chi connectivity index (χ3v) is 2.60. The second-order valence-electron chi connectivity index (χ2n) is 3.52. The lowest BCUT2D eigenvalue weighted by Crippen LogP contribution is -2.08. The van der Waals surface area contributed by atoms with Gasteiger partial charge in [-0.1, -0.05) is 0 Å². The highest BCUT2D eigenvalue weighted by Gasteiger charge is 2.08. The Hall–Kier alpha value is -1.95. The minimum Gasteiger partial charge on any atom is -0.454 e. The van der Waals surface area contributed by atoms with Crippen LogP contribution in [0.25, 0.3) is 0 Å². The van der Waals surface area contributed by atoms with E-state index in [1.165, 1.54) is 12.3 Å². The Morgan fingerprint density at radius 2 is 2.06 bits per heavy atom. The van der Waals surface area contributed by atoms with Crippen molar-refractivity contribution in [2.75, 3.05) is 5.73 Å². The van der Waals surface area contributed by atoms with Crippen LogP contribution in [-0.2, 0) is 11.3 Å². The molecule has 0 amide bonds. The minimum atomic E-state index is -0.500. The number of esters is 1. The average molecular weight is 308 g/mol. The van der Waals surface area contributed by atoms with Crippen LogP contribution in [0.2, 0.25) is 0 Å². The molecule has 2 aromatic heterocycles. The van der Waals surface area contributed by atoms with Crippen LogP contribution in [0.4, 0.5) is 5.69 Å². The van der Waals surface area contributed by atoms with Crippen LogP contribution in [0.1, 0.15) is 16.2 Å². The van der Waals surface area contributed by atoms with Gasteiger partial charge in [-0.05, 0) is 40.2 Å². The van der Waals surface area contributed by atoms with Gasteiger partial charge in [-0.15, -0.1) is 0 Å². The number of nitrogens with zero attached hydrogens (tertiary/aromatic N) is 2. The second kappa shape index (κ2) is 5.59. The Bertz CT molecular complexity index is 540. The van der Waals surface area contributed by atoms with Gasteiger partial charge in [0, 0.05) is 10.7 Å². The molecule has 2 heterocycles. The molecule has 18 heavy (non-hydrogen) atoms. The quantitative estimate of drug-likeness (QED) is 0.879. The molecule has 6 heteroatoms. The first-order valence-corrected chi connectivity index (χ1v) is 5.93. The number of ether oxygens (including phenoxy) is 1. The van der Waals surface area contributed by atoms with Gasteiger partial charge in [0.2, 0.25) is 0 Å². The smallest absolute Gasteiger partial charge is 0.357 e. The lowest BCUT2D eigenvalue weighted by Gasteiger charge is -2.04. The highest BCUT2D eigenvalue weighted by atomic mass is 79.9. The number of halogens is 1. The fourth-order valence-corrected chi connectivity index (χ4v) is 1.47. The molecule has 2 rings (SSSR count). The Morgan fingerprint density at radius 3 is 2.67 bits per heavy atom. The fraction of sp³-hybridized carbons (Fsp3) is 0.0833. The fourth-order valence-electron chi connectivity index (χ4n) is 1.23. The molecule has 0 aliphatic carbocycles. The molecular weight excluding hydrogens is 298 g/mol. The van der Waals surface area contributed by atoms with E-state index in [4.69, 9.17) is 10.5 Å². The summed E-state index contributed by atoms with van der Waals surface area (Å²) in [6, 6.07) is 6.72. The van der Waals surface area contributed by atoms with E-state index in [0.717, 1.165) is 4.47 Å². The third kappa shape index (κ3) is 3.27. The van der Waals surface area contributed by atoms with E-state index in [-0.39, 0.29) is 12.3 Å². The molecule has 92 valence electrons. The summed E-state index contributed by atoms with van der Waals surface area (Å²) in [6.07, 6.45) is 3.05. The Balaban J connectivity index is 1.96. The van der Waals surface area contributed by atoms with E-state index >= 15 is 0 Å². The predicted octanol–water partition coefficient (Wildman–Crippen LogP) is 2.18. The van der Waals surface area contributed by atoms with Crippen molar-refractivity contribution in [3.8, 4) is 0 Å². The average Bonchev–Trinajstić information content (AvgIpc) is 2.38. The number of nitrogen functional groups attached to an aromatic ring is 1. The Labute approximate surface area is 112 Å². The molecule has 0 unspecified atom stereocenters. The van der Waals surface area contributed by atoms with Gasteiger partial charge in [-0.3, -0.25) is 4.98 Å². The van der Waals surface area contributed by atoms with Gasteiger partial charge in [0.15, 0.2) is 0 Å². The number of hydrogen-bond acceptors (Lipinski definition) is 5. The van der Waals surface area contributed by atoms with Crippen molar-refractivity contribution in [3.63, 3.8) is 0 Å². The van der Waals surface area contributed by atoms with Crippen molar-refractivity contribution in [1.29, 1.82) is 0 Å². The second-order valence-corrected chi connectivity index (χ2v) is 4.44. The first-order chi connectivity index (χ1) is 8.65. The molecule has 0 aliphatic rings. The largest absolute Gasteiger partial charge is 0.454 e. The Morgan fingerprint density at radius 1 is 1.22 bits per heavy atom. The highest BCUT2D eigenvalue weighted by molar-refractivity contribution is 9.10. The van der Waals surface area contributed by atoms with Crippen LogP contribution in [0.5, 0.6) is 0 Å². The summed E-state index contributed by atoms with van der Waals surface area (Å²) in [5.74, 6) is -0.500. The van der Waals surface area contributed by atoms with Crippen molar-refractivity contribution in [3.05, 3.63) is 52.5 Å². The number of hydrogen-bond donors (Lipinski definition) is 1. The summed E-state index contributed by atoms with van der Waals surface area (Å²) in [5.41, 5.74) is 6.87. The van der Waals surface area contributed by atoms with Gasteiger partial charge in [0.05, 0.1) is 17.6 Å². The zero-order valence-electron chi connectivity index (χ0n) is 9.34. The van der Waals surface area contributed by atoms with E-state index in [0.29, 0.717) is 11.4 Å². The molecule has 0 radical (unpaired) electrons. The number of pyridine rings is 2. The summed E-state index contributed by atoms with van der Waals surface area (Å²) in [5, 5.41) is 0. The summed E-state index contributed by atoms with van der Waals surface area (Å²) in [4.78, 5) is 19.6. The standard InChI is InChI=1S/C12H10BrN3O2/c13-8-1-3-10(15-5-8)7-18-12(17)11-4-2-9(14)6-16-11/h1-6H,7,14H2. The van der Waals surface area contributed by atoms with Gasteiger partial charge in [-0.2, -0.15) is 0 Å². The van der Waals surface area contributed by atoms with Gasteiger partial charge < -0.3 is 10.5 Å². The van der Waals surface area contributed by atoms with E-state index in [9.17, 15) is 4.79 Å². The van der Waals surface area contributed by atoms with Crippen molar-refractivity contribution >= 4 is 27.6 Å². The molecule has 0 atom stereocenters. The van der Waals surface area contributed by atoms with Crippen LogP contribution in [0.3, 0.4) is 0 Å². The molecule has 0 spiro atoms. The molecule has 2 aromatic rings. The van der Waals surface area contributed by atoms with Crippen LogP contribution < -0.4 is 5.73 Å². The number of rotatable bonds is 3. The van der Waals surface area contributed by atoms with Crippen molar-refractivity contribution in [2.24, 2.45) is 0 Å². The molecule has 0 saturated carbocycles. The number of aromatic nitrogens is 2. The summed E-state index contributed by atoms with van der Waals surface area (Å²) >= 11 is 3.28. The van der Waals surface area contributed by atoms with E-state index < -0.39 is 5.97 Å². The van der Waals surface area contributed by atoms with E-state index in [2.05, 4.69) is 25.9 Å². The maximum Gasteiger partial charge on any atom is 0.357 e. The summed E-state index contributed by atoms with van der Waals surface area (Å²) < 4.78 is 5.95. The van der Waals surface area contributed by atoms with Crippen LogP contribution in [0.15, 0.2) is 41.1 Å². The molecule has 0 bridgehead atoms.